The molecule has 0 amide bonds. The van der Waals surface area contributed by atoms with Crippen LogP contribution in [0.2, 0.25) is 0 Å². The summed E-state index contributed by atoms with van der Waals surface area (Å²) in [6.45, 7) is 8.17. The molecule has 33 heavy (non-hydrogen) atoms. The van der Waals surface area contributed by atoms with Crippen molar-refractivity contribution in [1.82, 2.24) is 15.0 Å². The third-order valence-corrected chi connectivity index (χ3v) is 7.33. The number of piperazine rings is 1. The number of Topliss-reactive ketones (excluding diaryl/α,β-unsaturated/α-hetero) is 1. The number of carbonyl (C=O) groups excluding carboxylic acids is 1. The Morgan fingerprint density at radius 3 is 2.27 bits per heavy atom. The van der Waals surface area contributed by atoms with Crippen molar-refractivity contribution < 1.29 is 9.32 Å². The van der Waals surface area contributed by atoms with E-state index in [9.17, 15) is 4.79 Å². The van der Waals surface area contributed by atoms with Crippen LogP contribution in [0, 0.1) is 6.92 Å². The quantitative estimate of drug-likeness (QED) is 0.511. The van der Waals surface area contributed by atoms with E-state index in [0.717, 1.165) is 50.4 Å². The maximum absolute atomic E-state index is 11.5. The number of hydrogen-bond donors (Lipinski definition) is 0. The zero-order valence-corrected chi connectivity index (χ0v) is 19.6. The molecule has 0 N–H and O–H groups in total. The lowest BCUT2D eigenvalue weighted by molar-refractivity contribution is 0.101. The largest absolute Gasteiger partial charge is 0.369 e. The van der Waals surface area contributed by atoms with Crippen LogP contribution in [0.1, 0.15) is 65.8 Å². The monoisotopic (exact) mass is 444 g/mol. The fraction of sp³-hybridized carbons (Fsp3) is 0.444. The third-order valence-electron chi connectivity index (χ3n) is 7.33. The van der Waals surface area contributed by atoms with Gasteiger partial charge < -0.3 is 9.42 Å². The Morgan fingerprint density at radius 1 is 0.970 bits per heavy atom. The first-order valence-electron chi connectivity index (χ1n) is 12.0. The molecule has 2 fully saturated rings. The Morgan fingerprint density at radius 2 is 1.64 bits per heavy atom. The number of anilines is 1. The van der Waals surface area contributed by atoms with E-state index in [-0.39, 0.29) is 11.2 Å². The number of hydrogen-bond acceptors (Lipinski definition) is 6. The number of aromatic nitrogens is 2. The molecule has 2 aromatic carbocycles. The van der Waals surface area contributed by atoms with Gasteiger partial charge in [-0.2, -0.15) is 4.98 Å². The van der Waals surface area contributed by atoms with Crippen molar-refractivity contribution in [2.75, 3.05) is 31.1 Å². The van der Waals surface area contributed by atoms with Gasteiger partial charge in [0.25, 0.3) is 0 Å². The van der Waals surface area contributed by atoms with E-state index in [1.165, 1.54) is 29.7 Å². The van der Waals surface area contributed by atoms with Gasteiger partial charge in [-0.3, -0.25) is 9.69 Å². The van der Waals surface area contributed by atoms with Crippen molar-refractivity contribution in [3.63, 3.8) is 0 Å². The van der Waals surface area contributed by atoms with Gasteiger partial charge >= 0.3 is 0 Å². The van der Waals surface area contributed by atoms with Crippen LogP contribution in [0.4, 0.5) is 5.69 Å². The number of ketones is 1. The Bertz CT molecular complexity index is 1090. The average Bonchev–Trinajstić information content (AvgIpc) is 3.51. The lowest BCUT2D eigenvalue weighted by atomic mass is 9.78. The molecule has 3 aromatic rings. The molecule has 6 heteroatoms. The van der Waals surface area contributed by atoms with Gasteiger partial charge in [-0.1, -0.05) is 47.8 Å². The maximum atomic E-state index is 11.5. The van der Waals surface area contributed by atoms with E-state index in [0.29, 0.717) is 12.4 Å². The summed E-state index contributed by atoms with van der Waals surface area (Å²) in [6.07, 6.45) is 4.56. The van der Waals surface area contributed by atoms with Gasteiger partial charge in [0, 0.05) is 37.4 Å². The first kappa shape index (κ1) is 21.8. The van der Waals surface area contributed by atoms with Gasteiger partial charge in [0.15, 0.2) is 11.6 Å². The lowest BCUT2D eigenvalue weighted by Crippen LogP contribution is -2.46. The highest BCUT2D eigenvalue weighted by Gasteiger charge is 2.41. The minimum Gasteiger partial charge on any atom is -0.369 e. The molecule has 1 aliphatic heterocycles. The summed E-state index contributed by atoms with van der Waals surface area (Å²) in [6, 6.07) is 16.8. The van der Waals surface area contributed by atoms with Crippen LogP contribution >= 0.6 is 0 Å². The number of benzene rings is 2. The van der Waals surface area contributed by atoms with Crippen LogP contribution in [-0.4, -0.2) is 47.0 Å². The Hall–Kier alpha value is -2.99. The summed E-state index contributed by atoms with van der Waals surface area (Å²) >= 11 is 0. The summed E-state index contributed by atoms with van der Waals surface area (Å²) in [4.78, 5) is 21.2. The minimum absolute atomic E-state index is 0.104. The van der Waals surface area contributed by atoms with Gasteiger partial charge in [-0.05, 0) is 56.5 Å². The van der Waals surface area contributed by atoms with Crippen molar-refractivity contribution in [3.8, 4) is 0 Å². The van der Waals surface area contributed by atoms with Gasteiger partial charge in [-0.25, -0.2) is 0 Å². The van der Waals surface area contributed by atoms with Crippen molar-refractivity contribution in [3.05, 3.63) is 76.9 Å². The molecule has 1 saturated heterocycles. The van der Waals surface area contributed by atoms with Crippen LogP contribution in [0.15, 0.2) is 53.1 Å². The first-order valence-corrected chi connectivity index (χ1v) is 12.0. The van der Waals surface area contributed by atoms with Crippen molar-refractivity contribution in [2.45, 2.75) is 51.5 Å². The van der Waals surface area contributed by atoms with Crippen molar-refractivity contribution in [2.24, 2.45) is 0 Å². The van der Waals surface area contributed by atoms with E-state index in [1.54, 1.807) is 6.92 Å². The third kappa shape index (κ3) is 4.44. The SMILES string of the molecule is CC(=O)c1ccc(N2CCN(Cc3nc(C4(c5ccc(C)cc5)CCCC4)no3)CC2)cc1. The average molecular weight is 445 g/mol. The fourth-order valence-electron chi connectivity index (χ4n) is 5.27. The van der Waals surface area contributed by atoms with Crippen LogP contribution in [0.5, 0.6) is 0 Å². The maximum Gasteiger partial charge on any atom is 0.240 e. The van der Waals surface area contributed by atoms with Crippen LogP contribution in [-0.2, 0) is 12.0 Å². The summed E-state index contributed by atoms with van der Waals surface area (Å²) in [7, 11) is 0. The smallest absolute Gasteiger partial charge is 0.240 e. The van der Waals surface area contributed by atoms with Gasteiger partial charge in [-0.15, -0.1) is 0 Å². The Labute approximate surface area is 195 Å². The highest BCUT2D eigenvalue weighted by atomic mass is 16.5. The predicted octanol–water partition coefficient (Wildman–Crippen LogP) is 4.76. The molecule has 0 bridgehead atoms. The lowest BCUT2D eigenvalue weighted by Gasteiger charge is -2.35. The molecule has 6 nitrogen and oxygen atoms in total. The van der Waals surface area contributed by atoms with E-state index in [2.05, 4.69) is 46.1 Å². The summed E-state index contributed by atoms with van der Waals surface area (Å²) < 4.78 is 5.75. The second kappa shape index (κ2) is 9.10. The van der Waals surface area contributed by atoms with Gasteiger partial charge in [0.1, 0.15) is 0 Å². The highest BCUT2D eigenvalue weighted by Crippen LogP contribution is 2.45. The van der Waals surface area contributed by atoms with Crippen molar-refractivity contribution >= 4 is 11.5 Å². The summed E-state index contributed by atoms with van der Waals surface area (Å²) in [5, 5.41) is 4.47. The number of aryl methyl sites for hydroxylation is 1. The molecule has 1 saturated carbocycles. The molecule has 0 radical (unpaired) electrons. The topological polar surface area (TPSA) is 62.5 Å². The molecule has 2 aliphatic rings. The summed E-state index contributed by atoms with van der Waals surface area (Å²) in [5.74, 6) is 1.66. The van der Waals surface area contributed by atoms with Crippen molar-refractivity contribution in [1.29, 1.82) is 0 Å². The number of nitrogens with zero attached hydrogens (tertiary/aromatic N) is 4. The molecule has 1 aliphatic carbocycles. The molecule has 2 heterocycles. The molecule has 0 unspecified atom stereocenters. The number of rotatable bonds is 6. The van der Waals surface area contributed by atoms with E-state index >= 15 is 0 Å². The van der Waals surface area contributed by atoms with E-state index in [4.69, 9.17) is 9.51 Å². The fourth-order valence-corrected chi connectivity index (χ4v) is 5.27. The van der Waals surface area contributed by atoms with E-state index in [1.807, 2.05) is 24.3 Å². The second-order valence-corrected chi connectivity index (χ2v) is 9.53. The zero-order chi connectivity index (χ0) is 22.8. The van der Waals surface area contributed by atoms with Gasteiger partial charge in [0.05, 0.1) is 12.0 Å². The molecule has 0 spiro atoms. The second-order valence-electron chi connectivity index (χ2n) is 9.53. The predicted molar refractivity (Wildman–Crippen MR) is 129 cm³/mol. The number of carbonyl (C=O) groups is 1. The molecular weight excluding hydrogens is 412 g/mol. The molecular formula is C27H32N4O2. The standard InChI is InChI=1S/C27H32N4O2/c1-20-5-9-23(10-6-20)27(13-3-4-14-27)26-28-25(33-29-26)19-30-15-17-31(18-16-30)24-11-7-22(8-12-24)21(2)32/h5-12H,3-4,13-19H2,1-2H3. The van der Waals surface area contributed by atoms with E-state index < -0.39 is 0 Å². The molecule has 5 rings (SSSR count). The molecule has 1 aromatic heterocycles. The zero-order valence-electron chi connectivity index (χ0n) is 19.6. The minimum atomic E-state index is -0.111. The van der Waals surface area contributed by atoms with Crippen LogP contribution in [0.3, 0.4) is 0 Å². The molecule has 172 valence electrons. The Balaban J connectivity index is 1.23. The molecule has 0 atom stereocenters. The Kier molecular flexibility index (Phi) is 6.02. The highest BCUT2D eigenvalue weighted by molar-refractivity contribution is 5.94. The normalized spacial score (nSPS) is 18.5. The van der Waals surface area contributed by atoms with Gasteiger partial charge in [0.2, 0.25) is 5.89 Å². The summed E-state index contributed by atoms with van der Waals surface area (Å²) in [5.41, 5.74) is 4.40. The first-order chi connectivity index (χ1) is 16.0. The van der Waals surface area contributed by atoms with Crippen LogP contribution in [0.25, 0.3) is 0 Å². The van der Waals surface area contributed by atoms with Crippen LogP contribution < -0.4 is 4.90 Å².